The van der Waals surface area contributed by atoms with Crippen LogP contribution in [0.3, 0.4) is 0 Å². The highest BCUT2D eigenvalue weighted by molar-refractivity contribution is 5.77. The topological polar surface area (TPSA) is 99.6 Å². The number of hydrogen-bond acceptors (Lipinski definition) is 7. The molecule has 2 atom stereocenters. The van der Waals surface area contributed by atoms with Gasteiger partial charge in [0.1, 0.15) is 18.2 Å². The van der Waals surface area contributed by atoms with Crippen molar-refractivity contribution in [2.75, 3.05) is 24.5 Å². The maximum Gasteiger partial charge on any atom is 0.247 e. The molecular formula is C28H32FN5O3. The number of aromatic nitrogens is 2. The van der Waals surface area contributed by atoms with E-state index in [9.17, 15) is 9.18 Å². The van der Waals surface area contributed by atoms with Crippen molar-refractivity contribution in [1.82, 2.24) is 20.8 Å². The van der Waals surface area contributed by atoms with Crippen LogP contribution in [-0.4, -0.2) is 46.8 Å². The number of anilines is 1. The van der Waals surface area contributed by atoms with Crippen molar-refractivity contribution < 1.29 is 19.1 Å². The molecule has 2 aliphatic rings. The second kappa shape index (κ2) is 11.7. The first-order valence-electron chi connectivity index (χ1n) is 12.8. The molecule has 1 aromatic heterocycles. The number of nitrogens with one attached hydrogen (secondary N) is 2. The first-order valence-corrected chi connectivity index (χ1v) is 12.8. The van der Waals surface area contributed by atoms with Gasteiger partial charge in [-0.3, -0.25) is 10.0 Å². The fourth-order valence-corrected chi connectivity index (χ4v) is 4.83. The highest BCUT2D eigenvalue weighted by Gasteiger charge is 2.38. The van der Waals surface area contributed by atoms with E-state index in [1.54, 1.807) is 30.0 Å². The van der Waals surface area contributed by atoms with E-state index in [1.165, 1.54) is 17.7 Å². The molecule has 2 heterocycles. The van der Waals surface area contributed by atoms with Crippen LogP contribution in [0.25, 0.3) is 0 Å². The Hall–Kier alpha value is -3.56. The summed E-state index contributed by atoms with van der Waals surface area (Å²) in [6.07, 6.45) is 6.67. The molecule has 0 radical (unpaired) electrons. The van der Waals surface area contributed by atoms with E-state index in [1.807, 2.05) is 12.1 Å². The Labute approximate surface area is 215 Å². The van der Waals surface area contributed by atoms with Crippen molar-refractivity contribution in [2.45, 2.75) is 44.2 Å². The molecule has 2 unspecified atom stereocenters. The van der Waals surface area contributed by atoms with Gasteiger partial charge in [0.05, 0.1) is 6.42 Å². The highest BCUT2D eigenvalue weighted by Crippen LogP contribution is 2.41. The summed E-state index contributed by atoms with van der Waals surface area (Å²) < 4.78 is 18.9. The molecule has 1 amide bonds. The Bertz CT molecular complexity index is 1170. The van der Waals surface area contributed by atoms with E-state index in [2.05, 4.69) is 32.3 Å². The third-order valence-electron chi connectivity index (χ3n) is 7.16. The minimum Gasteiger partial charge on any atom is -0.489 e. The fraction of sp³-hybridized carbons (Fsp3) is 0.393. The van der Waals surface area contributed by atoms with Crippen molar-refractivity contribution in [3.8, 4) is 5.75 Å². The van der Waals surface area contributed by atoms with Crippen molar-refractivity contribution >= 4 is 11.9 Å². The summed E-state index contributed by atoms with van der Waals surface area (Å²) in [4.78, 5) is 22.2. The van der Waals surface area contributed by atoms with Gasteiger partial charge in [0.2, 0.25) is 11.9 Å². The molecule has 1 aliphatic carbocycles. The number of piperidine rings is 1. The van der Waals surface area contributed by atoms with Gasteiger partial charge in [-0.25, -0.2) is 19.8 Å². The van der Waals surface area contributed by atoms with Crippen LogP contribution in [0.5, 0.6) is 5.75 Å². The van der Waals surface area contributed by atoms with Crippen molar-refractivity contribution in [2.24, 2.45) is 5.92 Å². The number of ether oxygens (including phenoxy) is 1. The zero-order valence-electron chi connectivity index (χ0n) is 20.6. The first-order chi connectivity index (χ1) is 18.1. The molecule has 2 aromatic carbocycles. The van der Waals surface area contributed by atoms with Crippen LogP contribution in [0.4, 0.5) is 10.3 Å². The van der Waals surface area contributed by atoms with E-state index in [0.29, 0.717) is 36.0 Å². The first kappa shape index (κ1) is 25.1. The fourth-order valence-electron chi connectivity index (χ4n) is 4.83. The molecule has 2 fully saturated rings. The summed E-state index contributed by atoms with van der Waals surface area (Å²) in [7, 11) is 0. The zero-order valence-corrected chi connectivity index (χ0v) is 20.6. The average Bonchev–Trinajstić information content (AvgIpc) is 3.72. The summed E-state index contributed by atoms with van der Waals surface area (Å²) in [6.45, 7) is 3.27. The lowest BCUT2D eigenvalue weighted by atomic mass is 9.97. The smallest absolute Gasteiger partial charge is 0.247 e. The molecule has 37 heavy (non-hydrogen) atoms. The van der Waals surface area contributed by atoms with Gasteiger partial charge in [0.25, 0.3) is 0 Å². The maximum atomic E-state index is 13.0. The summed E-state index contributed by atoms with van der Waals surface area (Å²) in [5.74, 6) is 1.97. The number of amides is 1. The molecular weight excluding hydrogens is 473 g/mol. The van der Waals surface area contributed by atoms with Gasteiger partial charge >= 0.3 is 0 Å². The van der Waals surface area contributed by atoms with E-state index >= 15 is 0 Å². The summed E-state index contributed by atoms with van der Waals surface area (Å²) in [5.41, 5.74) is 4.56. The Morgan fingerprint density at radius 3 is 2.41 bits per heavy atom. The molecule has 0 spiro atoms. The molecule has 194 valence electrons. The van der Waals surface area contributed by atoms with Crippen LogP contribution in [0.1, 0.15) is 41.9 Å². The third-order valence-corrected chi connectivity index (χ3v) is 7.16. The monoisotopic (exact) mass is 505 g/mol. The number of rotatable bonds is 10. The van der Waals surface area contributed by atoms with Crippen LogP contribution < -0.4 is 20.4 Å². The normalized spacial score (nSPS) is 19.5. The van der Waals surface area contributed by atoms with Crippen LogP contribution in [0, 0.1) is 11.7 Å². The summed E-state index contributed by atoms with van der Waals surface area (Å²) >= 11 is 0. The van der Waals surface area contributed by atoms with Crippen LogP contribution in [-0.2, 0) is 17.8 Å². The lowest BCUT2D eigenvalue weighted by Crippen LogP contribution is -2.38. The van der Waals surface area contributed by atoms with Gasteiger partial charge in [0.15, 0.2) is 0 Å². The van der Waals surface area contributed by atoms with E-state index in [-0.39, 0.29) is 12.2 Å². The molecule has 5 rings (SSSR count). The van der Waals surface area contributed by atoms with Crippen molar-refractivity contribution in [3.05, 3.63) is 83.4 Å². The number of hydroxylamine groups is 1. The molecule has 8 nitrogen and oxygen atoms in total. The molecule has 1 saturated carbocycles. The van der Waals surface area contributed by atoms with Crippen LogP contribution in [0.2, 0.25) is 0 Å². The quantitative estimate of drug-likeness (QED) is 0.286. The second-order valence-electron chi connectivity index (χ2n) is 9.87. The Balaban J connectivity index is 1.01. The van der Waals surface area contributed by atoms with E-state index in [4.69, 9.17) is 9.94 Å². The molecule has 9 heteroatoms. The summed E-state index contributed by atoms with van der Waals surface area (Å²) in [6, 6.07) is 15.2. The minimum absolute atomic E-state index is 0.0577. The summed E-state index contributed by atoms with van der Waals surface area (Å²) in [5, 5.41) is 12.4. The maximum absolute atomic E-state index is 13.0. The van der Waals surface area contributed by atoms with Crippen LogP contribution in [0.15, 0.2) is 60.9 Å². The number of nitrogens with zero attached hydrogens (tertiary/aromatic N) is 3. The van der Waals surface area contributed by atoms with Crippen molar-refractivity contribution in [1.29, 1.82) is 0 Å². The van der Waals surface area contributed by atoms with Gasteiger partial charge in [-0.2, -0.15) is 0 Å². The predicted molar refractivity (Wildman–Crippen MR) is 137 cm³/mol. The van der Waals surface area contributed by atoms with Gasteiger partial charge < -0.3 is 15.0 Å². The molecule has 1 aliphatic heterocycles. The van der Waals surface area contributed by atoms with E-state index in [0.717, 1.165) is 50.2 Å². The average molecular weight is 506 g/mol. The molecule has 3 aromatic rings. The highest BCUT2D eigenvalue weighted by atomic mass is 19.1. The number of carbonyl (C=O) groups excluding carboxylic acids is 1. The lowest BCUT2D eigenvalue weighted by Gasteiger charge is -2.32. The minimum atomic E-state index is -0.480. The van der Waals surface area contributed by atoms with Gasteiger partial charge in [-0.05, 0) is 72.7 Å². The van der Waals surface area contributed by atoms with Gasteiger partial charge in [-0.1, -0.05) is 24.3 Å². The Kier molecular flexibility index (Phi) is 7.91. The van der Waals surface area contributed by atoms with E-state index < -0.39 is 5.91 Å². The van der Waals surface area contributed by atoms with Crippen molar-refractivity contribution in [3.63, 3.8) is 0 Å². The standard InChI is InChI=1S/C28H32FN5O3/c29-23-5-1-20(2-6-23)18-37-24-7-3-22(4-8-24)25-14-26(25)30-15-19-9-11-34(12-10-19)28-31-16-21(17-32-28)13-27(35)33-36/h1-8,16-17,19,25-26,30,36H,9-15,18H2,(H,33,35). The Morgan fingerprint density at radius 2 is 1.73 bits per heavy atom. The molecule has 1 saturated heterocycles. The van der Waals surface area contributed by atoms with Gasteiger partial charge in [0, 0.05) is 37.4 Å². The SMILES string of the molecule is O=C(Cc1cnc(N2CCC(CNC3CC3c3ccc(OCc4ccc(F)cc4)cc3)CC2)nc1)NO. The number of hydrogen-bond donors (Lipinski definition) is 3. The number of carbonyl (C=O) groups is 1. The van der Waals surface area contributed by atoms with Crippen LogP contribution >= 0.6 is 0 Å². The van der Waals surface area contributed by atoms with Gasteiger partial charge in [-0.15, -0.1) is 0 Å². The Morgan fingerprint density at radius 1 is 1.03 bits per heavy atom. The lowest BCUT2D eigenvalue weighted by molar-refractivity contribution is -0.128. The zero-order chi connectivity index (χ0) is 25.6. The number of halogens is 1. The molecule has 3 N–H and O–H groups in total. The predicted octanol–water partition coefficient (Wildman–Crippen LogP) is 3.60. The second-order valence-corrected chi connectivity index (χ2v) is 9.87. The number of benzene rings is 2. The molecule has 0 bridgehead atoms. The third kappa shape index (κ3) is 6.81. The largest absolute Gasteiger partial charge is 0.489 e.